The lowest BCUT2D eigenvalue weighted by Gasteiger charge is -2.07. The van der Waals surface area contributed by atoms with E-state index >= 15 is 0 Å². The Morgan fingerprint density at radius 2 is 1.94 bits per heavy atom. The van der Waals surface area contributed by atoms with Gasteiger partial charge in [0.2, 0.25) is 0 Å². The van der Waals surface area contributed by atoms with Gasteiger partial charge in [0.05, 0.1) is 0 Å². The highest BCUT2D eigenvalue weighted by molar-refractivity contribution is 6.39. The van der Waals surface area contributed by atoms with Crippen molar-refractivity contribution in [1.29, 1.82) is 0 Å². The molecule has 1 aromatic carbocycles. The van der Waals surface area contributed by atoms with Crippen molar-refractivity contribution in [1.82, 2.24) is 5.32 Å². The fourth-order valence-corrected chi connectivity index (χ4v) is 1.16. The van der Waals surface area contributed by atoms with Gasteiger partial charge in [-0.25, -0.2) is 0 Å². The van der Waals surface area contributed by atoms with Crippen LogP contribution in [0.15, 0.2) is 24.3 Å². The molecule has 0 aliphatic heterocycles. The predicted molar refractivity (Wildman–Crippen MR) is 61.9 cm³/mol. The largest absolute Gasteiger partial charge is 0.347 e. The van der Waals surface area contributed by atoms with Crippen LogP contribution in [-0.4, -0.2) is 24.9 Å². The molecular weight excluding hydrogens is 206 g/mol. The molecule has 1 rings (SSSR count). The lowest BCUT2D eigenvalue weighted by Crippen LogP contribution is -2.38. The van der Waals surface area contributed by atoms with Gasteiger partial charge in [0, 0.05) is 18.8 Å². The summed E-state index contributed by atoms with van der Waals surface area (Å²) in [6.07, 6.45) is 0. The number of carbonyl (C=O) groups excluding carboxylic acids is 2. The Hall–Kier alpha value is -1.88. The number of aryl methyl sites for hydroxylation is 1. The van der Waals surface area contributed by atoms with Crippen molar-refractivity contribution >= 4 is 17.5 Å². The number of para-hydroxylation sites is 1. The maximum atomic E-state index is 11.4. The van der Waals surface area contributed by atoms with Gasteiger partial charge in [0.1, 0.15) is 0 Å². The highest BCUT2D eigenvalue weighted by Gasteiger charge is 2.13. The summed E-state index contributed by atoms with van der Waals surface area (Å²) in [6.45, 7) is 2.46. The van der Waals surface area contributed by atoms with Gasteiger partial charge in [0.15, 0.2) is 0 Å². The Balaban J connectivity index is 2.58. The zero-order valence-corrected chi connectivity index (χ0v) is 9.12. The summed E-state index contributed by atoms with van der Waals surface area (Å²) in [5.74, 6) is -1.35. The lowest BCUT2D eigenvalue weighted by molar-refractivity contribution is -0.136. The number of anilines is 1. The lowest BCUT2D eigenvalue weighted by atomic mass is 10.2. The third-order valence-electron chi connectivity index (χ3n) is 2.03. The number of hydrogen-bond acceptors (Lipinski definition) is 3. The summed E-state index contributed by atoms with van der Waals surface area (Å²) < 4.78 is 0. The number of nitrogens with one attached hydrogen (secondary N) is 2. The molecule has 4 N–H and O–H groups in total. The Bertz CT molecular complexity index is 391. The topological polar surface area (TPSA) is 84.2 Å². The van der Waals surface area contributed by atoms with Crippen LogP contribution in [0.5, 0.6) is 0 Å². The van der Waals surface area contributed by atoms with Crippen molar-refractivity contribution in [2.75, 3.05) is 18.4 Å². The van der Waals surface area contributed by atoms with Crippen molar-refractivity contribution in [3.63, 3.8) is 0 Å². The maximum Gasteiger partial charge on any atom is 0.313 e. The Morgan fingerprint density at radius 3 is 2.56 bits per heavy atom. The van der Waals surface area contributed by atoms with Crippen molar-refractivity contribution in [3.8, 4) is 0 Å². The van der Waals surface area contributed by atoms with Crippen LogP contribution in [0.25, 0.3) is 0 Å². The summed E-state index contributed by atoms with van der Waals surface area (Å²) in [5, 5.41) is 4.92. The first kappa shape index (κ1) is 12.2. The molecule has 0 aliphatic rings. The number of benzene rings is 1. The van der Waals surface area contributed by atoms with Gasteiger partial charge in [-0.15, -0.1) is 0 Å². The molecule has 5 nitrogen and oxygen atoms in total. The highest BCUT2D eigenvalue weighted by Crippen LogP contribution is 2.12. The standard InChI is InChI=1S/C11H15N3O2/c1-8-4-2-3-5-9(8)14-11(16)10(15)13-7-6-12/h2-5H,6-7,12H2,1H3,(H,13,15)(H,14,16). The molecule has 0 bridgehead atoms. The molecule has 0 heterocycles. The van der Waals surface area contributed by atoms with E-state index in [0.717, 1.165) is 5.56 Å². The molecule has 0 radical (unpaired) electrons. The van der Waals surface area contributed by atoms with E-state index in [1.165, 1.54) is 0 Å². The Labute approximate surface area is 94.0 Å². The fraction of sp³-hybridized carbons (Fsp3) is 0.273. The molecule has 1 aromatic rings. The van der Waals surface area contributed by atoms with Gasteiger partial charge in [-0.05, 0) is 18.6 Å². The first-order valence-electron chi connectivity index (χ1n) is 5.00. The van der Waals surface area contributed by atoms with E-state index in [0.29, 0.717) is 18.8 Å². The van der Waals surface area contributed by atoms with E-state index < -0.39 is 11.8 Å². The summed E-state index contributed by atoms with van der Waals surface area (Å²) in [6, 6.07) is 7.25. The van der Waals surface area contributed by atoms with E-state index in [1.54, 1.807) is 12.1 Å². The minimum atomic E-state index is -0.678. The van der Waals surface area contributed by atoms with E-state index in [2.05, 4.69) is 10.6 Å². The molecular formula is C11H15N3O2. The van der Waals surface area contributed by atoms with Crippen LogP contribution in [0, 0.1) is 6.92 Å². The monoisotopic (exact) mass is 221 g/mol. The van der Waals surface area contributed by atoms with Crippen molar-refractivity contribution in [2.24, 2.45) is 5.73 Å². The molecule has 2 amide bonds. The van der Waals surface area contributed by atoms with Crippen molar-refractivity contribution in [3.05, 3.63) is 29.8 Å². The molecule has 0 fully saturated rings. The summed E-state index contributed by atoms with van der Waals surface area (Å²) in [7, 11) is 0. The zero-order chi connectivity index (χ0) is 12.0. The van der Waals surface area contributed by atoms with Crippen LogP contribution in [0.1, 0.15) is 5.56 Å². The van der Waals surface area contributed by atoms with Crippen LogP contribution < -0.4 is 16.4 Å². The third kappa shape index (κ3) is 3.36. The molecule has 0 atom stereocenters. The normalized spacial score (nSPS) is 9.62. The van der Waals surface area contributed by atoms with E-state index in [-0.39, 0.29) is 0 Å². The Morgan fingerprint density at radius 1 is 1.25 bits per heavy atom. The molecule has 0 saturated carbocycles. The fourth-order valence-electron chi connectivity index (χ4n) is 1.16. The number of amides is 2. The molecule has 0 aliphatic carbocycles. The Kier molecular flexibility index (Phi) is 4.47. The predicted octanol–water partition coefficient (Wildman–Crippen LogP) is 0.00842. The van der Waals surface area contributed by atoms with Gasteiger partial charge in [0.25, 0.3) is 0 Å². The molecule has 86 valence electrons. The SMILES string of the molecule is Cc1ccccc1NC(=O)C(=O)NCCN. The summed E-state index contributed by atoms with van der Waals surface area (Å²) >= 11 is 0. The van der Waals surface area contributed by atoms with E-state index in [4.69, 9.17) is 5.73 Å². The average Bonchev–Trinajstić information content (AvgIpc) is 2.28. The third-order valence-corrected chi connectivity index (χ3v) is 2.03. The highest BCUT2D eigenvalue weighted by atomic mass is 16.2. The van der Waals surface area contributed by atoms with Crippen molar-refractivity contribution in [2.45, 2.75) is 6.92 Å². The van der Waals surface area contributed by atoms with Crippen LogP contribution in [0.3, 0.4) is 0 Å². The van der Waals surface area contributed by atoms with Gasteiger partial charge in [-0.1, -0.05) is 18.2 Å². The van der Waals surface area contributed by atoms with Crippen LogP contribution >= 0.6 is 0 Å². The smallest absolute Gasteiger partial charge is 0.313 e. The molecule has 16 heavy (non-hydrogen) atoms. The van der Waals surface area contributed by atoms with Crippen molar-refractivity contribution < 1.29 is 9.59 Å². The van der Waals surface area contributed by atoms with E-state index in [1.807, 2.05) is 19.1 Å². The van der Waals surface area contributed by atoms with E-state index in [9.17, 15) is 9.59 Å². The minimum absolute atomic E-state index is 0.292. The average molecular weight is 221 g/mol. The first-order valence-corrected chi connectivity index (χ1v) is 5.00. The van der Waals surface area contributed by atoms with Gasteiger partial charge in [-0.3, -0.25) is 9.59 Å². The molecule has 0 unspecified atom stereocenters. The van der Waals surface area contributed by atoms with Crippen LogP contribution in [-0.2, 0) is 9.59 Å². The van der Waals surface area contributed by atoms with Crippen LogP contribution in [0.2, 0.25) is 0 Å². The second-order valence-electron chi connectivity index (χ2n) is 3.31. The van der Waals surface area contributed by atoms with Gasteiger partial charge >= 0.3 is 11.8 Å². The summed E-state index contributed by atoms with van der Waals surface area (Å²) in [5.41, 5.74) is 6.75. The maximum absolute atomic E-state index is 11.4. The minimum Gasteiger partial charge on any atom is -0.347 e. The number of hydrogen-bond donors (Lipinski definition) is 3. The molecule has 5 heteroatoms. The van der Waals surface area contributed by atoms with Gasteiger partial charge < -0.3 is 16.4 Å². The quantitative estimate of drug-likeness (QED) is 0.628. The van der Waals surface area contributed by atoms with Gasteiger partial charge in [-0.2, -0.15) is 0 Å². The molecule has 0 saturated heterocycles. The van der Waals surface area contributed by atoms with Crippen LogP contribution in [0.4, 0.5) is 5.69 Å². The number of rotatable bonds is 3. The molecule has 0 aromatic heterocycles. The second-order valence-corrected chi connectivity index (χ2v) is 3.31. The number of carbonyl (C=O) groups is 2. The zero-order valence-electron chi connectivity index (χ0n) is 9.12. The first-order chi connectivity index (χ1) is 7.65. The number of nitrogens with two attached hydrogens (primary N) is 1. The summed E-state index contributed by atoms with van der Waals surface area (Å²) in [4.78, 5) is 22.6. The molecule has 0 spiro atoms. The second kappa shape index (κ2) is 5.87.